The largest absolute Gasteiger partial charge is 0.506 e. The minimum absolute atomic E-state index is 0.0767. The van der Waals surface area contributed by atoms with Crippen molar-refractivity contribution in [2.24, 2.45) is 0 Å². The Morgan fingerprint density at radius 3 is 2.67 bits per heavy atom. The molecule has 6 heteroatoms. The Bertz CT molecular complexity index is 485. The van der Waals surface area contributed by atoms with Crippen molar-refractivity contribution in [3.8, 4) is 5.75 Å². The number of ether oxygens (including phenoxy) is 1. The molecule has 2 N–H and O–H groups in total. The molecule has 5 nitrogen and oxygen atoms in total. The molecule has 0 amide bonds. The van der Waals surface area contributed by atoms with Gasteiger partial charge in [0.2, 0.25) is 10.0 Å². The molecule has 1 aromatic carbocycles. The SMILES string of the molecule is CCOCCS(=O)(=O)Nc1cc(CC)ccc1O. The average molecular weight is 273 g/mol. The van der Waals surface area contributed by atoms with E-state index in [4.69, 9.17) is 4.74 Å². The van der Waals surface area contributed by atoms with Crippen molar-refractivity contribution in [2.45, 2.75) is 20.3 Å². The molecule has 0 heterocycles. The predicted molar refractivity (Wildman–Crippen MR) is 71.4 cm³/mol. The van der Waals surface area contributed by atoms with Crippen LogP contribution in [0.1, 0.15) is 19.4 Å². The maximum Gasteiger partial charge on any atom is 0.235 e. The molecule has 0 spiro atoms. The Kier molecular flexibility index (Phi) is 5.43. The molecule has 0 radical (unpaired) electrons. The second-order valence-corrected chi connectivity index (χ2v) is 5.66. The summed E-state index contributed by atoms with van der Waals surface area (Å²) < 4.78 is 30.8. The number of aryl methyl sites for hydroxylation is 1. The van der Waals surface area contributed by atoms with Gasteiger partial charge in [-0.15, -0.1) is 0 Å². The molecule has 102 valence electrons. The molecule has 0 atom stereocenters. The van der Waals surface area contributed by atoms with Crippen LogP contribution in [-0.4, -0.2) is 32.5 Å². The van der Waals surface area contributed by atoms with Gasteiger partial charge in [0.05, 0.1) is 18.0 Å². The van der Waals surface area contributed by atoms with Crippen molar-refractivity contribution in [3.05, 3.63) is 23.8 Å². The Hall–Kier alpha value is -1.27. The van der Waals surface area contributed by atoms with Gasteiger partial charge < -0.3 is 9.84 Å². The van der Waals surface area contributed by atoms with Gasteiger partial charge in [0.15, 0.2) is 0 Å². The first-order valence-corrected chi connectivity index (χ1v) is 7.54. The standard InChI is InChI=1S/C12H19NO4S/c1-3-10-5-6-12(14)11(9-10)13-18(15,16)8-7-17-4-2/h5-6,9,13-14H,3-4,7-8H2,1-2H3. The number of benzene rings is 1. The minimum atomic E-state index is -3.49. The molecule has 1 aromatic rings. The molecule has 0 aliphatic rings. The zero-order valence-electron chi connectivity index (χ0n) is 10.6. The summed E-state index contributed by atoms with van der Waals surface area (Å²) in [6, 6.07) is 4.88. The third kappa shape index (κ3) is 4.54. The summed E-state index contributed by atoms with van der Waals surface area (Å²) >= 11 is 0. The lowest BCUT2D eigenvalue weighted by atomic mass is 10.1. The van der Waals surface area contributed by atoms with E-state index in [1.165, 1.54) is 6.07 Å². The van der Waals surface area contributed by atoms with Crippen LogP contribution in [0, 0.1) is 0 Å². The van der Waals surface area contributed by atoms with Gasteiger partial charge in [0.1, 0.15) is 5.75 Å². The molecule has 18 heavy (non-hydrogen) atoms. The lowest BCUT2D eigenvalue weighted by molar-refractivity contribution is 0.163. The molecule has 0 bridgehead atoms. The third-order valence-electron chi connectivity index (χ3n) is 2.44. The zero-order chi connectivity index (χ0) is 13.6. The van der Waals surface area contributed by atoms with Crippen molar-refractivity contribution in [1.29, 1.82) is 0 Å². The number of hydrogen-bond acceptors (Lipinski definition) is 4. The van der Waals surface area contributed by atoms with Gasteiger partial charge >= 0.3 is 0 Å². The first-order chi connectivity index (χ1) is 8.48. The van der Waals surface area contributed by atoms with Crippen molar-refractivity contribution >= 4 is 15.7 Å². The highest BCUT2D eigenvalue weighted by Gasteiger charge is 2.13. The Labute approximate surface area is 108 Å². The monoisotopic (exact) mass is 273 g/mol. The van der Waals surface area contributed by atoms with Crippen LogP contribution in [0.2, 0.25) is 0 Å². The fourth-order valence-corrected chi connectivity index (χ4v) is 2.35. The van der Waals surface area contributed by atoms with Crippen LogP contribution in [0.4, 0.5) is 5.69 Å². The second-order valence-electron chi connectivity index (χ2n) is 3.82. The van der Waals surface area contributed by atoms with E-state index in [0.29, 0.717) is 6.61 Å². The number of phenols is 1. The summed E-state index contributed by atoms with van der Waals surface area (Å²) in [7, 11) is -3.49. The highest BCUT2D eigenvalue weighted by molar-refractivity contribution is 7.92. The summed E-state index contributed by atoms with van der Waals surface area (Å²) in [5, 5.41) is 9.61. The van der Waals surface area contributed by atoms with Gasteiger partial charge in [-0.05, 0) is 31.0 Å². The van der Waals surface area contributed by atoms with E-state index in [9.17, 15) is 13.5 Å². The van der Waals surface area contributed by atoms with Gasteiger partial charge in [-0.3, -0.25) is 4.72 Å². The quantitative estimate of drug-likeness (QED) is 0.586. The van der Waals surface area contributed by atoms with E-state index in [1.54, 1.807) is 19.1 Å². The molecule has 0 unspecified atom stereocenters. The van der Waals surface area contributed by atoms with E-state index in [0.717, 1.165) is 12.0 Å². The third-order valence-corrected chi connectivity index (χ3v) is 3.67. The number of nitrogens with one attached hydrogen (secondary N) is 1. The maximum absolute atomic E-state index is 11.7. The normalized spacial score (nSPS) is 11.4. The van der Waals surface area contributed by atoms with Crippen molar-refractivity contribution in [3.63, 3.8) is 0 Å². The fourth-order valence-electron chi connectivity index (χ4n) is 1.42. The number of sulfonamides is 1. The summed E-state index contributed by atoms with van der Waals surface area (Å²) in [6.07, 6.45) is 0.772. The Balaban J connectivity index is 2.76. The van der Waals surface area contributed by atoms with Gasteiger partial charge in [-0.25, -0.2) is 8.42 Å². The second kappa shape index (κ2) is 6.61. The van der Waals surface area contributed by atoms with Crippen LogP contribution in [-0.2, 0) is 21.2 Å². The lowest BCUT2D eigenvalue weighted by Crippen LogP contribution is -2.20. The molecule has 1 rings (SSSR count). The lowest BCUT2D eigenvalue weighted by Gasteiger charge is -2.10. The van der Waals surface area contributed by atoms with E-state index < -0.39 is 10.0 Å². The molecule has 0 saturated heterocycles. The van der Waals surface area contributed by atoms with Crippen molar-refractivity contribution < 1.29 is 18.3 Å². The fraction of sp³-hybridized carbons (Fsp3) is 0.500. The Morgan fingerprint density at radius 2 is 2.06 bits per heavy atom. The van der Waals surface area contributed by atoms with Gasteiger partial charge in [0, 0.05) is 6.61 Å². The Morgan fingerprint density at radius 1 is 1.33 bits per heavy atom. The van der Waals surface area contributed by atoms with E-state index >= 15 is 0 Å². The number of aromatic hydroxyl groups is 1. The van der Waals surface area contributed by atoms with Crippen LogP contribution < -0.4 is 4.72 Å². The van der Waals surface area contributed by atoms with Crippen LogP contribution in [0.5, 0.6) is 5.75 Å². The maximum atomic E-state index is 11.7. The molecule has 0 aliphatic carbocycles. The van der Waals surface area contributed by atoms with Crippen LogP contribution in [0.3, 0.4) is 0 Å². The zero-order valence-corrected chi connectivity index (χ0v) is 11.5. The summed E-state index contributed by atoms with van der Waals surface area (Å²) in [4.78, 5) is 0. The van der Waals surface area contributed by atoms with E-state index in [1.807, 2.05) is 6.92 Å². The molecular formula is C12H19NO4S. The number of phenolic OH excluding ortho intramolecular Hbond substituents is 1. The van der Waals surface area contributed by atoms with Crippen molar-refractivity contribution in [2.75, 3.05) is 23.7 Å². The molecular weight excluding hydrogens is 254 g/mol. The average Bonchev–Trinajstić information content (AvgIpc) is 2.32. The van der Waals surface area contributed by atoms with Crippen molar-refractivity contribution in [1.82, 2.24) is 0 Å². The van der Waals surface area contributed by atoms with Gasteiger partial charge in [-0.2, -0.15) is 0 Å². The topological polar surface area (TPSA) is 75.6 Å². The molecule has 0 fully saturated rings. The van der Waals surface area contributed by atoms with Crippen LogP contribution in [0.25, 0.3) is 0 Å². The summed E-state index contributed by atoms with van der Waals surface area (Å²) in [5.74, 6) is -0.205. The molecule has 0 saturated carbocycles. The predicted octanol–water partition coefficient (Wildman–Crippen LogP) is 1.73. The summed E-state index contributed by atoms with van der Waals surface area (Å²) in [5.41, 5.74) is 1.17. The number of anilines is 1. The molecule has 0 aliphatic heterocycles. The number of rotatable bonds is 7. The van der Waals surface area contributed by atoms with E-state index in [-0.39, 0.29) is 23.8 Å². The summed E-state index contributed by atoms with van der Waals surface area (Å²) in [6.45, 7) is 4.38. The van der Waals surface area contributed by atoms with Crippen LogP contribution in [0.15, 0.2) is 18.2 Å². The highest BCUT2D eigenvalue weighted by Crippen LogP contribution is 2.25. The van der Waals surface area contributed by atoms with E-state index in [2.05, 4.69) is 4.72 Å². The van der Waals surface area contributed by atoms with Gasteiger partial charge in [0.25, 0.3) is 0 Å². The smallest absolute Gasteiger partial charge is 0.235 e. The first-order valence-electron chi connectivity index (χ1n) is 5.88. The highest BCUT2D eigenvalue weighted by atomic mass is 32.2. The number of hydrogen-bond donors (Lipinski definition) is 2. The van der Waals surface area contributed by atoms with Gasteiger partial charge in [-0.1, -0.05) is 13.0 Å². The minimum Gasteiger partial charge on any atom is -0.506 e. The molecule has 0 aromatic heterocycles. The van der Waals surface area contributed by atoms with Crippen LogP contribution >= 0.6 is 0 Å². The first kappa shape index (κ1) is 14.8.